The Morgan fingerprint density at radius 1 is 1.00 bits per heavy atom. The zero-order chi connectivity index (χ0) is 12.5. The van der Waals surface area contributed by atoms with Gasteiger partial charge in [-0.05, 0) is 29.8 Å². The Morgan fingerprint density at radius 2 is 1.72 bits per heavy atom. The monoisotopic (exact) mass is 258 g/mol. The van der Waals surface area contributed by atoms with Crippen molar-refractivity contribution in [2.24, 2.45) is 0 Å². The van der Waals surface area contributed by atoms with Crippen molar-refractivity contribution in [3.63, 3.8) is 0 Å². The standard InChI is InChI=1S/C15H11ClO2/c16-12-7-5-10(6-8-12)15(17)14-9-11-3-1-2-4-13(11)18-14/h1-9,15,17H/t15-/m1/s1. The highest BCUT2D eigenvalue weighted by molar-refractivity contribution is 6.30. The number of para-hydroxylation sites is 1. The second-order valence-corrected chi connectivity index (χ2v) is 4.58. The zero-order valence-corrected chi connectivity index (χ0v) is 10.3. The summed E-state index contributed by atoms with van der Waals surface area (Å²) in [5.41, 5.74) is 1.54. The van der Waals surface area contributed by atoms with Gasteiger partial charge in [-0.1, -0.05) is 41.9 Å². The Bertz CT molecular complexity index is 637. The predicted molar refractivity (Wildman–Crippen MR) is 71.7 cm³/mol. The highest BCUT2D eigenvalue weighted by Crippen LogP contribution is 2.28. The third-order valence-electron chi connectivity index (χ3n) is 2.90. The average Bonchev–Trinajstić information content (AvgIpc) is 2.82. The third-order valence-corrected chi connectivity index (χ3v) is 3.15. The van der Waals surface area contributed by atoms with Crippen LogP contribution in [0.2, 0.25) is 5.02 Å². The minimum Gasteiger partial charge on any atom is -0.458 e. The molecule has 1 aromatic heterocycles. The van der Waals surface area contributed by atoms with Gasteiger partial charge in [-0.25, -0.2) is 0 Å². The molecule has 0 fully saturated rings. The Kier molecular flexibility index (Phi) is 2.82. The van der Waals surface area contributed by atoms with Crippen molar-refractivity contribution in [2.45, 2.75) is 6.10 Å². The summed E-state index contributed by atoms with van der Waals surface area (Å²) in [6.45, 7) is 0. The molecule has 3 aromatic rings. The van der Waals surface area contributed by atoms with E-state index >= 15 is 0 Å². The summed E-state index contributed by atoms with van der Waals surface area (Å²) in [6.07, 6.45) is -0.769. The Hall–Kier alpha value is -1.77. The molecule has 2 nitrogen and oxygen atoms in total. The molecular weight excluding hydrogens is 248 g/mol. The SMILES string of the molecule is O[C@H](c1ccc(Cl)cc1)c1cc2ccccc2o1. The van der Waals surface area contributed by atoms with E-state index in [2.05, 4.69) is 0 Å². The molecule has 3 rings (SSSR count). The van der Waals surface area contributed by atoms with E-state index in [4.69, 9.17) is 16.0 Å². The lowest BCUT2D eigenvalue weighted by Gasteiger charge is -2.07. The van der Waals surface area contributed by atoms with Gasteiger partial charge in [0, 0.05) is 10.4 Å². The molecule has 0 bridgehead atoms. The van der Waals surface area contributed by atoms with Gasteiger partial charge in [0.2, 0.25) is 0 Å². The number of furan rings is 1. The molecule has 0 saturated carbocycles. The predicted octanol–water partition coefficient (Wildman–Crippen LogP) is 4.17. The summed E-state index contributed by atoms with van der Waals surface area (Å²) in [5.74, 6) is 0.540. The summed E-state index contributed by atoms with van der Waals surface area (Å²) in [5, 5.41) is 11.9. The van der Waals surface area contributed by atoms with Crippen molar-refractivity contribution in [3.05, 3.63) is 70.9 Å². The Morgan fingerprint density at radius 3 is 2.44 bits per heavy atom. The van der Waals surface area contributed by atoms with E-state index in [1.165, 1.54) is 0 Å². The first-order valence-corrected chi connectivity index (χ1v) is 6.04. The first-order valence-electron chi connectivity index (χ1n) is 5.66. The lowest BCUT2D eigenvalue weighted by molar-refractivity contribution is 0.192. The van der Waals surface area contributed by atoms with Gasteiger partial charge in [0.25, 0.3) is 0 Å². The maximum Gasteiger partial charge on any atom is 0.138 e. The van der Waals surface area contributed by atoms with Crippen LogP contribution in [0.5, 0.6) is 0 Å². The van der Waals surface area contributed by atoms with Gasteiger partial charge in [-0.2, -0.15) is 0 Å². The van der Waals surface area contributed by atoms with Crippen LogP contribution < -0.4 is 0 Å². The van der Waals surface area contributed by atoms with E-state index in [0.717, 1.165) is 16.5 Å². The fraction of sp³-hybridized carbons (Fsp3) is 0.0667. The average molecular weight is 259 g/mol. The van der Waals surface area contributed by atoms with Crippen molar-refractivity contribution in [1.82, 2.24) is 0 Å². The van der Waals surface area contributed by atoms with Gasteiger partial charge < -0.3 is 9.52 Å². The normalized spacial score (nSPS) is 12.8. The number of aliphatic hydroxyl groups is 1. The summed E-state index contributed by atoms with van der Waals surface area (Å²) in [6, 6.07) is 16.6. The molecule has 3 heteroatoms. The Balaban J connectivity index is 2.00. The Labute approximate surface area is 109 Å². The summed E-state index contributed by atoms with van der Waals surface area (Å²) < 4.78 is 5.63. The number of halogens is 1. The maximum atomic E-state index is 10.2. The molecule has 0 saturated heterocycles. The number of hydrogen-bond donors (Lipinski definition) is 1. The van der Waals surface area contributed by atoms with E-state index in [1.807, 2.05) is 30.3 Å². The highest BCUT2D eigenvalue weighted by Gasteiger charge is 2.15. The first-order chi connectivity index (χ1) is 8.74. The molecule has 90 valence electrons. The van der Waals surface area contributed by atoms with Crippen LogP contribution in [-0.4, -0.2) is 5.11 Å². The van der Waals surface area contributed by atoms with Gasteiger partial charge in [-0.15, -0.1) is 0 Å². The smallest absolute Gasteiger partial charge is 0.138 e. The van der Waals surface area contributed by atoms with Crippen LogP contribution in [0, 0.1) is 0 Å². The van der Waals surface area contributed by atoms with Crippen molar-refractivity contribution in [1.29, 1.82) is 0 Å². The van der Waals surface area contributed by atoms with Crippen molar-refractivity contribution in [2.75, 3.05) is 0 Å². The lowest BCUT2D eigenvalue weighted by Crippen LogP contribution is -1.97. The lowest BCUT2D eigenvalue weighted by atomic mass is 10.1. The highest BCUT2D eigenvalue weighted by atomic mass is 35.5. The number of hydrogen-bond acceptors (Lipinski definition) is 2. The van der Waals surface area contributed by atoms with Gasteiger partial charge in [0.1, 0.15) is 17.4 Å². The fourth-order valence-electron chi connectivity index (χ4n) is 1.95. The van der Waals surface area contributed by atoms with Crippen molar-refractivity contribution in [3.8, 4) is 0 Å². The summed E-state index contributed by atoms with van der Waals surface area (Å²) in [4.78, 5) is 0. The third kappa shape index (κ3) is 2.01. The quantitative estimate of drug-likeness (QED) is 0.748. The molecule has 0 amide bonds. The van der Waals surface area contributed by atoms with Crippen LogP contribution >= 0.6 is 11.6 Å². The molecule has 2 aromatic carbocycles. The molecule has 0 aliphatic heterocycles. The van der Waals surface area contributed by atoms with Crippen LogP contribution in [0.15, 0.2) is 59.0 Å². The van der Waals surface area contributed by atoms with E-state index in [1.54, 1.807) is 24.3 Å². The van der Waals surface area contributed by atoms with Crippen molar-refractivity contribution >= 4 is 22.6 Å². The second kappa shape index (κ2) is 4.48. The molecule has 1 heterocycles. The minimum absolute atomic E-state index is 0.540. The molecule has 1 N–H and O–H groups in total. The number of fused-ring (bicyclic) bond motifs is 1. The largest absolute Gasteiger partial charge is 0.458 e. The molecule has 0 aliphatic carbocycles. The zero-order valence-electron chi connectivity index (χ0n) is 9.51. The molecule has 1 atom stereocenters. The summed E-state index contributed by atoms with van der Waals surface area (Å²) >= 11 is 5.82. The van der Waals surface area contributed by atoms with Crippen LogP contribution in [-0.2, 0) is 0 Å². The van der Waals surface area contributed by atoms with Gasteiger partial charge >= 0.3 is 0 Å². The topological polar surface area (TPSA) is 33.4 Å². The molecule has 0 spiro atoms. The minimum atomic E-state index is -0.769. The van der Waals surface area contributed by atoms with E-state index < -0.39 is 6.10 Å². The van der Waals surface area contributed by atoms with Crippen LogP contribution in [0.1, 0.15) is 17.4 Å². The fourth-order valence-corrected chi connectivity index (χ4v) is 2.07. The molecular formula is C15H11ClO2. The molecule has 0 radical (unpaired) electrons. The van der Waals surface area contributed by atoms with E-state index in [0.29, 0.717) is 10.8 Å². The second-order valence-electron chi connectivity index (χ2n) is 4.14. The van der Waals surface area contributed by atoms with E-state index in [-0.39, 0.29) is 0 Å². The summed E-state index contributed by atoms with van der Waals surface area (Å²) in [7, 11) is 0. The van der Waals surface area contributed by atoms with Crippen LogP contribution in [0.25, 0.3) is 11.0 Å². The molecule has 18 heavy (non-hydrogen) atoms. The molecule has 0 aliphatic rings. The number of aliphatic hydroxyl groups excluding tert-OH is 1. The number of rotatable bonds is 2. The van der Waals surface area contributed by atoms with E-state index in [9.17, 15) is 5.11 Å². The maximum absolute atomic E-state index is 10.2. The van der Waals surface area contributed by atoms with Crippen molar-refractivity contribution < 1.29 is 9.52 Å². The van der Waals surface area contributed by atoms with Crippen LogP contribution in [0.4, 0.5) is 0 Å². The van der Waals surface area contributed by atoms with Gasteiger partial charge in [-0.3, -0.25) is 0 Å². The number of benzene rings is 2. The van der Waals surface area contributed by atoms with Gasteiger partial charge in [0.15, 0.2) is 0 Å². The first kappa shape index (κ1) is 11.3. The molecule has 0 unspecified atom stereocenters. The van der Waals surface area contributed by atoms with Crippen LogP contribution in [0.3, 0.4) is 0 Å². The van der Waals surface area contributed by atoms with Gasteiger partial charge in [0.05, 0.1) is 0 Å².